The molecule has 2 N–H and O–H groups in total. The molecule has 2 aliphatic rings. The quantitative estimate of drug-likeness (QED) is 0.754. The SMILES string of the molecule is C1=CC=NNC=C1.C1=Cc2ccccc2NN=C1.c1ccccc1. The van der Waals surface area contributed by atoms with Crippen molar-refractivity contribution < 1.29 is 0 Å². The van der Waals surface area contributed by atoms with E-state index in [0.717, 1.165) is 5.69 Å². The van der Waals surface area contributed by atoms with E-state index in [1.807, 2.05) is 91.0 Å². The van der Waals surface area contributed by atoms with E-state index >= 15 is 0 Å². The Morgan fingerprint density at radius 3 is 2.12 bits per heavy atom. The van der Waals surface area contributed by atoms with Gasteiger partial charge >= 0.3 is 0 Å². The van der Waals surface area contributed by atoms with Gasteiger partial charge in [0.15, 0.2) is 0 Å². The molecule has 2 heterocycles. The Morgan fingerprint density at radius 2 is 1.33 bits per heavy atom. The van der Waals surface area contributed by atoms with Crippen LogP contribution in [-0.2, 0) is 0 Å². The summed E-state index contributed by atoms with van der Waals surface area (Å²) in [5.74, 6) is 0. The van der Waals surface area contributed by atoms with Crippen LogP contribution in [-0.4, -0.2) is 12.4 Å². The molecule has 0 amide bonds. The van der Waals surface area contributed by atoms with E-state index in [2.05, 4.69) is 21.1 Å². The molecule has 2 aliphatic heterocycles. The summed E-state index contributed by atoms with van der Waals surface area (Å²) in [4.78, 5) is 0. The lowest BCUT2D eigenvalue weighted by molar-refractivity contribution is 0.980. The molecule has 4 nitrogen and oxygen atoms in total. The minimum atomic E-state index is 1.05. The third-order valence-corrected chi connectivity index (χ3v) is 2.88. The fourth-order valence-electron chi connectivity index (χ4n) is 1.77. The summed E-state index contributed by atoms with van der Waals surface area (Å²) in [7, 11) is 0. The van der Waals surface area contributed by atoms with Crippen LogP contribution < -0.4 is 10.9 Å². The molecule has 0 spiro atoms. The monoisotopic (exact) mass is 316 g/mol. The smallest absolute Gasteiger partial charge is 0.0634 e. The molecular formula is C20H20N4. The highest BCUT2D eigenvalue weighted by atomic mass is 15.3. The Kier molecular flexibility index (Phi) is 7.92. The Labute approximate surface area is 142 Å². The van der Waals surface area contributed by atoms with E-state index in [4.69, 9.17) is 0 Å². The molecule has 0 saturated heterocycles. The predicted octanol–water partition coefficient (Wildman–Crippen LogP) is 4.44. The Hall–Kier alpha value is -3.40. The summed E-state index contributed by atoms with van der Waals surface area (Å²) in [6.45, 7) is 0. The maximum atomic E-state index is 3.95. The fourth-order valence-corrected chi connectivity index (χ4v) is 1.77. The molecule has 24 heavy (non-hydrogen) atoms. The zero-order valence-corrected chi connectivity index (χ0v) is 13.3. The fraction of sp³-hybridized carbons (Fsp3) is 0. The predicted molar refractivity (Wildman–Crippen MR) is 104 cm³/mol. The van der Waals surface area contributed by atoms with Crippen LogP contribution in [0.3, 0.4) is 0 Å². The van der Waals surface area contributed by atoms with Crippen LogP contribution in [0.5, 0.6) is 0 Å². The van der Waals surface area contributed by atoms with E-state index in [-0.39, 0.29) is 0 Å². The van der Waals surface area contributed by atoms with Gasteiger partial charge in [0.2, 0.25) is 0 Å². The van der Waals surface area contributed by atoms with Crippen LogP contribution in [0.4, 0.5) is 5.69 Å². The zero-order valence-electron chi connectivity index (χ0n) is 13.3. The number of hydrogen-bond donors (Lipinski definition) is 2. The molecule has 0 radical (unpaired) electrons. The van der Waals surface area contributed by atoms with Crippen molar-refractivity contribution >= 4 is 24.2 Å². The lowest BCUT2D eigenvalue weighted by Gasteiger charge is -2.00. The van der Waals surface area contributed by atoms with Crippen LogP contribution in [0.2, 0.25) is 0 Å². The summed E-state index contributed by atoms with van der Waals surface area (Å²) in [6, 6.07) is 20.0. The number of hydrogen-bond acceptors (Lipinski definition) is 4. The standard InChI is InChI=1S/C9H8N2.C6H6.C5H6N2/c1-2-6-9-8(4-1)5-3-7-10-11-9;1-2-4-6-5-3-1;1-2-4-6-7-5-3-1/h1-7,11H;1-6H;1-6H. The van der Waals surface area contributed by atoms with Gasteiger partial charge in [0.1, 0.15) is 0 Å². The third kappa shape index (κ3) is 7.04. The normalized spacial score (nSPS) is 12.8. The number of anilines is 1. The highest BCUT2D eigenvalue weighted by molar-refractivity contribution is 5.83. The first-order valence-corrected chi connectivity index (χ1v) is 7.62. The number of benzene rings is 2. The molecule has 120 valence electrons. The van der Waals surface area contributed by atoms with Gasteiger partial charge in [0.05, 0.1) is 5.69 Å². The van der Waals surface area contributed by atoms with Gasteiger partial charge < -0.3 is 0 Å². The highest BCUT2D eigenvalue weighted by Gasteiger charge is 1.96. The molecule has 0 unspecified atom stereocenters. The average Bonchev–Trinajstić information content (AvgIpc) is 3.10. The second kappa shape index (κ2) is 11.2. The molecule has 2 aromatic rings. The molecule has 0 aromatic heterocycles. The van der Waals surface area contributed by atoms with Gasteiger partial charge in [-0.2, -0.15) is 10.2 Å². The van der Waals surface area contributed by atoms with Gasteiger partial charge in [-0.3, -0.25) is 10.9 Å². The van der Waals surface area contributed by atoms with E-state index in [1.165, 1.54) is 5.56 Å². The number of nitrogens with zero attached hydrogens (tertiary/aromatic N) is 2. The van der Waals surface area contributed by atoms with Crippen LogP contribution in [0.25, 0.3) is 6.08 Å². The molecule has 4 heteroatoms. The molecule has 4 rings (SSSR count). The van der Waals surface area contributed by atoms with Crippen molar-refractivity contribution in [3.8, 4) is 0 Å². The van der Waals surface area contributed by atoms with Crippen LogP contribution in [0, 0.1) is 0 Å². The highest BCUT2D eigenvalue weighted by Crippen LogP contribution is 2.17. The van der Waals surface area contributed by atoms with E-state index in [0.29, 0.717) is 0 Å². The largest absolute Gasteiger partial charge is 0.286 e. The summed E-state index contributed by atoms with van der Waals surface area (Å²) in [6.07, 6.45) is 14.8. The topological polar surface area (TPSA) is 48.8 Å². The second-order valence-electron chi connectivity index (χ2n) is 4.64. The number of allylic oxidation sites excluding steroid dienone is 4. The van der Waals surface area contributed by atoms with Gasteiger partial charge in [0, 0.05) is 18.6 Å². The maximum absolute atomic E-state index is 3.95. The van der Waals surface area contributed by atoms with Crippen molar-refractivity contribution in [3.05, 3.63) is 96.7 Å². The Bertz CT molecular complexity index is 688. The van der Waals surface area contributed by atoms with E-state index < -0.39 is 0 Å². The Balaban J connectivity index is 0.000000139. The zero-order chi connectivity index (χ0) is 16.7. The lowest BCUT2D eigenvalue weighted by Crippen LogP contribution is -1.89. The van der Waals surface area contributed by atoms with Gasteiger partial charge in [-0.1, -0.05) is 66.7 Å². The van der Waals surface area contributed by atoms with Crippen molar-refractivity contribution in [3.63, 3.8) is 0 Å². The number of fused-ring (bicyclic) bond motifs is 1. The molecule has 0 fully saturated rings. The molecular weight excluding hydrogens is 296 g/mol. The summed E-state index contributed by atoms with van der Waals surface area (Å²) >= 11 is 0. The van der Waals surface area contributed by atoms with Crippen molar-refractivity contribution in [2.75, 3.05) is 5.43 Å². The molecule has 0 saturated carbocycles. The number of hydrazone groups is 2. The molecule has 2 aromatic carbocycles. The van der Waals surface area contributed by atoms with Gasteiger partial charge in [-0.15, -0.1) is 0 Å². The Morgan fingerprint density at radius 1 is 0.625 bits per heavy atom. The minimum absolute atomic E-state index is 1.05. The van der Waals surface area contributed by atoms with Crippen molar-refractivity contribution in [1.29, 1.82) is 0 Å². The van der Waals surface area contributed by atoms with Crippen LogP contribution in [0.1, 0.15) is 5.56 Å². The average molecular weight is 316 g/mol. The molecule has 0 bridgehead atoms. The lowest BCUT2D eigenvalue weighted by atomic mass is 10.2. The molecule has 0 atom stereocenters. The summed E-state index contributed by atoms with van der Waals surface area (Å²) in [5.41, 5.74) is 7.83. The van der Waals surface area contributed by atoms with Crippen LogP contribution in [0.15, 0.2) is 101 Å². The second-order valence-corrected chi connectivity index (χ2v) is 4.64. The number of nitrogens with one attached hydrogen (secondary N) is 2. The maximum Gasteiger partial charge on any atom is 0.0634 e. The van der Waals surface area contributed by atoms with Gasteiger partial charge in [-0.25, -0.2) is 0 Å². The van der Waals surface area contributed by atoms with E-state index in [9.17, 15) is 0 Å². The summed E-state index contributed by atoms with van der Waals surface area (Å²) < 4.78 is 0. The third-order valence-electron chi connectivity index (χ3n) is 2.88. The van der Waals surface area contributed by atoms with Crippen molar-refractivity contribution in [2.24, 2.45) is 10.2 Å². The first kappa shape index (κ1) is 17.0. The first-order valence-electron chi connectivity index (χ1n) is 7.62. The van der Waals surface area contributed by atoms with Crippen molar-refractivity contribution in [2.45, 2.75) is 0 Å². The minimum Gasteiger partial charge on any atom is -0.286 e. The van der Waals surface area contributed by atoms with Gasteiger partial charge in [-0.05, 0) is 29.9 Å². The van der Waals surface area contributed by atoms with Crippen LogP contribution >= 0.6 is 0 Å². The molecule has 0 aliphatic carbocycles. The van der Waals surface area contributed by atoms with E-state index in [1.54, 1.807) is 18.6 Å². The first-order chi connectivity index (χ1) is 12.0. The summed E-state index contributed by atoms with van der Waals surface area (Å²) in [5, 5.41) is 7.67. The van der Waals surface area contributed by atoms with Gasteiger partial charge in [0.25, 0.3) is 0 Å². The van der Waals surface area contributed by atoms with Crippen molar-refractivity contribution in [1.82, 2.24) is 5.43 Å². The number of para-hydroxylation sites is 1. The number of rotatable bonds is 0.